The van der Waals surface area contributed by atoms with E-state index in [0.717, 1.165) is 21.6 Å². The molecule has 1 aromatic heterocycles. The van der Waals surface area contributed by atoms with Crippen LogP contribution in [-0.2, 0) is 19.8 Å². The molecule has 2 unspecified atom stereocenters. The number of anilines is 2. The van der Waals surface area contributed by atoms with Crippen molar-refractivity contribution in [2.45, 2.75) is 37.8 Å². The highest BCUT2D eigenvalue weighted by Gasteiger charge is 2.38. The zero-order valence-electron chi connectivity index (χ0n) is 18.4. The number of ether oxygens (including phenoxy) is 1. The molecular weight excluding hydrogens is 475 g/mol. The molecule has 0 spiro atoms. The van der Waals surface area contributed by atoms with Gasteiger partial charge in [0, 0.05) is 26.4 Å². The molecule has 184 valence electrons. The summed E-state index contributed by atoms with van der Waals surface area (Å²) in [6.45, 7) is 2.02. The van der Waals surface area contributed by atoms with Gasteiger partial charge in [-0.1, -0.05) is 6.07 Å². The van der Waals surface area contributed by atoms with E-state index in [9.17, 15) is 22.8 Å². The molecule has 0 bridgehead atoms. The number of halogens is 3. The smallest absolute Gasteiger partial charge is 0.416 e. The number of allylic oxidation sites excluding steroid dienone is 1. The molecular formula is C21H24F3N5O4S. The van der Waals surface area contributed by atoms with Crippen LogP contribution in [0.5, 0.6) is 5.75 Å². The number of nitrogens with one attached hydrogen (secondary N) is 2. The lowest BCUT2D eigenvalue weighted by atomic mass is 10.2. The number of benzene rings is 1. The van der Waals surface area contributed by atoms with E-state index >= 15 is 0 Å². The fraction of sp³-hybridized carbons (Fsp3) is 0.429. The number of fused-ring (bicyclic) bond motifs is 1. The third-order valence-corrected chi connectivity index (χ3v) is 6.53. The first kappa shape index (κ1) is 24.1. The van der Waals surface area contributed by atoms with Gasteiger partial charge in [-0.05, 0) is 36.4 Å². The number of rotatable bonds is 7. The molecule has 0 radical (unpaired) electrons. The van der Waals surface area contributed by atoms with Crippen LogP contribution in [0.3, 0.4) is 0 Å². The molecule has 0 fully saturated rings. The first-order chi connectivity index (χ1) is 16.1. The average Bonchev–Trinajstić information content (AvgIpc) is 3.35. The maximum atomic E-state index is 13.3. The van der Waals surface area contributed by atoms with Gasteiger partial charge in [-0.2, -0.15) is 13.2 Å². The van der Waals surface area contributed by atoms with Crippen LogP contribution >= 0.6 is 11.8 Å². The first-order valence-corrected chi connectivity index (χ1v) is 11.4. The van der Waals surface area contributed by atoms with Gasteiger partial charge in [-0.15, -0.1) is 11.8 Å². The molecule has 4 rings (SSSR count). The average molecular weight is 500 g/mol. The largest absolute Gasteiger partial charge is 0.452 e. The number of thioether (sulfide) groups is 1. The van der Waals surface area contributed by atoms with E-state index in [1.165, 1.54) is 35.5 Å². The zero-order chi connectivity index (χ0) is 24.6. The second-order valence-corrected chi connectivity index (χ2v) is 9.34. The van der Waals surface area contributed by atoms with Crippen LogP contribution in [0.4, 0.5) is 24.7 Å². The molecule has 0 saturated heterocycles. The Kier molecular flexibility index (Phi) is 6.58. The molecule has 1 aromatic carbocycles. The van der Waals surface area contributed by atoms with Gasteiger partial charge in [0.1, 0.15) is 17.3 Å². The van der Waals surface area contributed by atoms with Crippen molar-refractivity contribution >= 4 is 23.3 Å². The number of hydrogen-bond donors (Lipinski definition) is 3. The fourth-order valence-corrected chi connectivity index (χ4v) is 4.80. The lowest BCUT2D eigenvalue weighted by molar-refractivity contribution is -0.137. The standard InChI is InChI=1S/C21H24F3N5O4S/c1-12-10-25-15(34-12)11-29-16-17(27(2)20(32)28(18(16)31)7-4-8-30)26-19(29)33-14-6-3-5-13(9-14)21(22,23)24/h3,5-6,9-10,15,19,25-26,30H,4,7-8,11H2,1-2H3. The highest BCUT2D eigenvalue weighted by Crippen LogP contribution is 2.36. The summed E-state index contributed by atoms with van der Waals surface area (Å²) in [6, 6.07) is 4.46. The van der Waals surface area contributed by atoms with Gasteiger partial charge < -0.3 is 25.4 Å². The Hall–Kier alpha value is -3.06. The zero-order valence-corrected chi connectivity index (χ0v) is 19.2. The number of hydrogen-bond acceptors (Lipinski definition) is 8. The predicted octanol–water partition coefficient (Wildman–Crippen LogP) is 2.07. The Morgan fingerprint density at radius 3 is 2.68 bits per heavy atom. The SMILES string of the molecule is CC1=CNC(CN2c3c(n(C)c(=O)n(CCCO)c3=O)NC2Oc2cccc(C(F)(F)F)c2)S1. The van der Waals surface area contributed by atoms with Crippen molar-refractivity contribution in [3.63, 3.8) is 0 Å². The minimum atomic E-state index is -4.54. The van der Waals surface area contributed by atoms with Crippen molar-refractivity contribution in [2.75, 3.05) is 23.4 Å². The quantitative estimate of drug-likeness (QED) is 0.533. The van der Waals surface area contributed by atoms with Crippen molar-refractivity contribution in [1.29, 1.82) is 0 Å². The van der Waals surface area contributed by atoms with Crippen LogP contribution in [0.25, 0.3) is 0 Å². The lowest BCUT2D eigenvalue weighted by Gasteiger charge is -2.29. The van der Waals surface area contributed by atoms with E-state index in [2.05, 4.69) is 10.6 Å². The Bertz CT molecular complexity index is 1230. The molecule has 0 aliphatic carbocycles. The van der Waals surface area contributed by atoms with Gasteiger partial charge in [0.05, 0.1) is 17.5 Å². The van der Waals surface area contributed by atoms with E-state index in [0.29, 0.717) is 0 Å². The molecule has 2 aliphatic heterocycles. The Morgan fingerprint density at radius 2 is 2.03 bits per heavy atom. The third kappa shape index (κ3) is 4.62. The second-order valence-electron chi connectivity index (χ2n) is 7.89. The van der Waals surface area contributed by atoms with Gasteiger partial charge in [-0.3, -0.25) is 13.9 Å². The van der Waals surface area contributed by atoms with Gasteiger partial charge in [0.15, 0.2) is 0 Å². The van der Waals surface area contributed by atoms with Crippen LogP contribution in [0.2, 0.25) is 0 Å². The summed E-state index contributed by atoms with van der Waals surface area (Å²) in [4.78, 5) is 28.7. The Morgan fingerprint density at radius 1 is 1.26 bits per heavy atom. The van der Waals surface area contributed by atoms with E-state index in [-0.39, 0.29) is 48.7 Å². The summed E-state index contributed by atoms with van der Waals surface area (Å²) in [5, 5.41) is 15.2. The van der Waals surface area contributed by atoms with Gasteiger partial charge in [0.2, 0.25) is 0 Å². The molecule has 0 saturated carbocycles. The molecule has 0 amide bonds. The minimum absolute atomic E-state index is 0.0272. The molecule has 3 N–H and O–H groups in total. The highest BCUT2D eigenvalue weighted by molar-refractivity contribution is 8.03. The normalized spacial score (nSPS) is 19.5. The Balaban J connectivity index is 1.73. The lowest BCUT2D eigenvalue weighted by Crippen LogP contribution is -2.47. The number of nitrogens with zero attached hydrogens (tertiary/aromatic N) is 3. The van der Waals surface area contributed by atoms with Gasteiger partial charge in [-0.25, -0.2) is 4.79 Å². The highest BCUT2D eigenvalue weighted by atomic mass is 32.2. The molecule has 13 heteroatoms. The molecule has 3 heterocycles. The molecule has 9 nitrogen and oxygen atoms in total. The van der Waals surface area contributed by atoms with Crippen molar-refractivity contribution in [1.82, 2.24) is 14.5 Å². The molecule has 2 atom stereocenters. The maximum Gasteiger partial charge on any atom is 0.416 e. The van der Waals surface area contributed by atoms with Crippen molar-refractivity contribution in [2.24, 2.45) is 7.05 Å². The molecule has 34 heavy (non-hydrogen) atoms. The van der Waals surface area contributed by atoms with Crippen LogP contribution in [0.15, 0.2) is 45.0 Å². The minimum Gasteiger partial charge on any atom is -0.452 e. The summed E-state index contributed by atoms with van der Waals surface area (Å²) in [5.74, 6) is 0.164. The Labute approximate surface area is 196 Å². The topological polar surface area (TPSA) is 101 Å². The molecule has 2 aliphatic rings. The van der Waals surface area contributed by atoms with Crippen LogP contribution < -0.4 is 31.5 Å². The number of aliphatic hydroxyl groups excluding tert-OH is 1. The fourth-order valence-electron chi connectivity index (χ4n) is 3.84. The summed E-state index contributed by atoms with van der Waals surface area (Å²) >= 11 is 1.54. The van der Waals surface area contributed by atoms with Crippen molar-refractivity contribution < 1.29 is 23.0 Å². The summed E-state index contributed by atoms with van der Waals surface area (Å²) < 4.78 is 47.7. The van der Waals surface area contributed by atoms with Crippen molar-refractivity contribution in [3.05, 3.63) is 61.8 Å². The maximum absolute atomic E-state index is 13.3. The van der Waals surface area contributed by atoms with Crippen LogP contribution in [-0.4, -0.2) is 39.1 Å². The van der Waals surface area contributed by atoms with Crippen LogP contribution in [0.1, 0.15) is 18.9 Å². The van der Waals surface area contributed by atoms with E-state index < -0.39 is 29.3 Å². The van der Waals surface area contributed by atoms with E-state index in [1.807, 2.05) is 13.1 Å². The monoisotopic (exact) mass is 499 g/mol. The number of aromatic nitrogens is 2. The third-order valence-electron chi connectivity index (χ3n) is 5.47. The number of alkyl halides is 3. The van der Waals surface area contributed by atoms with E-state index in [1.54, 1.807) is 4.90 Å². The van der Waals surface area contributed by atoms with E-state index in [4.69, 9.17) is 9.84 Å². The van der Waals surface area contributed by atoms with Gasteiger partial charge in [0.25, 0.3) is 11.9 Å². The van der Waals surface area contributed by atoms with Crippen LogP contribution in [0, 0.1) is 0 Å². The second kappa shape index (κ2) is 9.29. The van der Waals surface area contributed by atoms with Crippen molar-refractivity contribution in [3.8, 4) is 5.75 Å². The summed E-state index contributed by atoms with van der Waals surface area (Å²) in [5.41, 5.74) is -1.83. The summed E-state index contributed by atoms with van der Waals surface area (Å²) in [7, 11) is 1.49. The summed E-state index contributed by atoms with van der Waals surface area (Å²) in [6.07, 6.45) is -3.52. The number of aliphatic hydroxyl groups is 1. The predicted molar refractivity (Wildman–Crippen MR) is 123 cm³/mol. The first-order valence-electron chi connectivity index (χ1n) is 10.5. The van der Waals surface area contributed by atoms with Gasteiger partial charge >= 0.3 is 11.9 Å². The molecule has 2 aromatic rings.